The predicted molar refractivity (Wildman–Crippen MR) is 95.0 cm³/mol. The molecule has 0 saturated heterocycles. The summed E-state index contributed by atoms with van der Waals surface area (Å²) in [6.45, 7) is 4.22. The Morgan fingerprint density at radius 3 is 2.67 bits per heavy atom. The van der Waals surface area contributed by atoms with Gasteiger partial charge < -0.3 is 10.1 Å². The normalized spacial score (nSPS) is 10.7. The Morgan fingerprint density at radius 1 is 1.14 bits per heavy atom. The first-order valence-corrected chi connectivity index (χ1v) is 8.63. The van der Waals surface area contributed by atoms with Crippen molar-refractivity contribution in [3.8, 4) is 5.75 Å². The third kappa shape index (κ3) is 4.71. The molecule has 0 aliphatic heterocycles. The second-order valence-electron chi connectivity index (χ2n) is 4.53. The summed E-state index contributed by atoms with van der Waals surface area (Å²) in [5.74, 6) is 0.859. The van der Waals surface area contributed by atoms with Crippen molar-refractivity contribution >= 4 is 43.5 Å². The fraction of sp³-hybridized carbons (Fsp3) is 0.250. The molecule has 2 aromatic carbocycles. The molecule has 0 amide bonds. The number of nitrogens with one attached hydrogen (secondary N) is 1. The van der Waals surface area contributed by atoms with Crippen LogP contribution < -0.4 is 10.1 Å². The smallest absolute Gasteiger partial charge is 0.138 e. The maximum Gasteiger partial charge on any atom is 0.138 e. The molecule has 5 heteroatoms. The lowest BCUT2D eigenvalue weighted by Gasteiger charge is -2.14. The van der Waals surface area contributed by atoms with Crippen LogP contribution in [0.25, 0.3) is 0 Å². The number of ether oxygens (including phenoxy) is 1. The molecule has 1 N–H and O–H groups in total. The molecule has 0 aliphatic rings. The number of hydrogen-bond acceptors (Lipinski definition) is 2. The largest absolute Gasteiger partial charge is 0.487 e. The van der Waals surface area contributed by atoms with Crippen molar-refractivity contribution in [2.45, 2.75) is 20.1 Å². The molecule has 0 aromatic heterocycles. The van der Waals surface area contributed by atoms with Crippen molar-refractivity contribution in [3.05, 3.63) is 61.5 Å². The van der Waals surface area contributed by atoms with Crippen LogP contribution in [0.5, 0.6) is 5.75 Å². The van der Waals surface area contributed by atoms with E-state index in [0.717, 1.165) is 38.9 Å². The van der Waals surface area contributed by atoms with E-state index in [1.165, 1.54) is 0 Å². The molecule has 0 spiro atoms. The SMILES string of the molecule is CCNCc1cccc(Br)c1OCc1ccc(Br)cc1Cl. The van der Waals surface area contributed by atoms with Gasteiger partial charge in [-0.3, -0.25) is 0 Å². The molecule has 0 fully saturated rings. The van der Waals surface area contributed by atoms with Gasteiger partial charge in [-0.15, -0.1) is 0 Å². The fourth-order valence-electron chi connectivity index (χ4n) is 1.90. The van der Waals surface area contributed by atoms with Crippen LogP contribution in [0, 0.1) is 0 Å². The van der Waals surface area contributed by atoms with Gasteiger partial charge in [0, 0.05) is 27.2 Å². The Bertz CT molecular complexity index is 619. The number of para-hydroxylation sites is 1. The highest BCUT2D eigenvalue weighted by Gasteiger charge is 2.09. The maximum atomic E-state index is 6.22. The van der Waals surface area contributed by atoms with E-state index in [1.807, 2.05) is 30.3 Å². The van der Waals surface area contributed by atoms with Crippen LogP contribution in [0.4, 0.5) is 0 Å². The van der Waals surface area contributed by atoms with Gasteiger partial charge in [-0.25, -0.2) is 0 Å². The second-order valence-corrected chi connectivity index (χ2v) is 6.71. The van der Waals surface area contributed by atoms with Crippen LogP contribution in [-0.2, 0) is 13.2 Å². The minimum atomic E-state index is 0.438. The van der Waals surface area contributed by atoms with Crippen molar-refractivity contribution in [2.24, 2.45) is 0 Å². The van der Waals surface area contributed by atoms with E-state index in [9.17, 15) is 0 Å². The average Bonchev–Trinajstić information content (AvgIpc) is 2.45. The van der Waals surface area contributed by atoms with Crippen molar-refractivity contribution in [1.82, 2.24) is 5.32 Å². The zero-order valence-electron chi connectivity index (χ0n) is 11.6. The monoisotopic (exact) mass is 431 g/mol. The average molecular weight is 434 g/mol. The highest BCUT2D eigenvalue weighted by molar-refractivity contribution is 9.10. The molecule has 0 bridgehead atoms. The predicted octanol–water partition coefficient (Wildman–Crippen LogP) is 5.55. The summed E-state index contributed by atoms with van der Waals surface area (Å²) in [6.07, 6.45) is 0. The van der Waals surface area contributed by atoms with Crippen LogP contribution >= 0.6 is 43.5 Å². The van der Waals surface area contributed by atoms with Crippen molar-refractivity contribution in [1.29, 1.82) is 0 Å². The highest BCUT2D eigenvalue weighted by atomic mass is 79.9. The summed E-state index contributed by atoms with van der Waals surface area (Å²) < 4.78 is 7.90. The van der Waals surface area contributed by atoms with Gasteiger partial charge in [-0.1, -0.05) is 52.7 Å². The van der Waals surface area contributed by atoms with Gasteiger partial charge in [0.15, 0.2) is 0 Å². The number of benzene rings is 2. The lowest BCUT2D eigenvalue weighted by atomic mass is 10.2. The molecule has 2 rings (SSSR count). The Balaban J connectivity index is 2.15. The van der Waals surface area contributed by atoms with E-state index in [-0.39, 0.29) is 0 Å². The molecule has 0 saturated carbocycles. The molecular weight excluding hydrogens is 417 g/mol. The Morgan fingerprint density at radius 2 is 1.95 bits per heavy atom. The second kappa shape index (κ2) is 8.18. The summed E-state index contributed by atoms with van der Waals surface area (Å²) >= 11 is 13.2. The van der Waals surface area contributed by atoms with Crippen molar-refractivity contribution in [2.75, 3.05) is 6.54 Å². The van der Waals surface area contributed by atoms with Gasteiger partial charge in [0.2, 0.25) is 0 Å². The van der Waals surface area contributed by atoms with Gasteiger partial charge in [0.1, 0.15) is 12.4 Å². The van der Waals surface area contributed by atoms with Crippen molar-refractivity contribution in [3.63, 3.8) is 0 Å². The van der Waals surface area contributed by atoms with Crippen LogP contribution in [0.2, 0.25) is 5.02 Å². The van der Waals surface area contributed by atoms with E-state index in [0.29, 0.717) is 11.6 Å². The molecular formula is C16H16Br2ClNO. The molecule has 0 radical (unpaired) electrons. The summed E-state index contributed by atoms with van der Waals surface area (Å²) in [4.78, 5) is 0. The Hall–Kier alpha value is -0.550. The first kappa shape index (κ1) is 16.8. The number of halogens is 3. The van der Waals surface area contributed by atoms with E-state index in [1.54, 1.807) is 0 Å². The molecule has 0 aliphatic carbocycles. The van der Waals surface area contributed by atoms with Gasteiger partial charge in [-0.2, -0.15) is 0 Å². The molecule has 112 valence electrons. The lowest BCUT2D eigenvalue weighted by Crippen LogP contribution is -2.13. The number of rotatable bonds is 6. The van der Waals surface area contributed by atoms with E-state index < -0.39 is 0 Å². The molecule has 0 unspecified atom stereocenters. The summed E-state index contributed by atoms with van der Waals surface area (Å²) in [5, 5.41) is 4.01. The van der Waals surface area contributed by atoms with Crippen LogP contribution in [0.3, 0.4) is 0 Å². The zero-order chi connectivity index (χ0) is 15.2. The molecule has 0 atom stereocenters. The standard InChI is InChI=1S/C16H16Br2ClNO/c1-2-20-9-11-4-3-5-14(18)16(11)21-10-12-6-7-13(17)8-15(12)19/h3-8,20H,2,9-10H2,1H3. The van der Waals surface area contributed by atoms with E-state index >= 15 is 0 Å². The summed E-state index contributed by atoms with van der Waals surface area (Å²) in [5.41, 5.74) is 2.09. The van der Waals surface area contributed by atoms with Crippen LogP contribution in [0.15, 0.2) is 45.3 Å². The minimum absolute atomic E-state index is 0.438. The summed E-state index contributed by atoms with van der Waals surface area (Å²) in [6, 6.07) is 11.9. The van der Waals surface area contributed by atoms with Crippen LogP contribution in [0.1, 0.15) is 18.1 Å². The highest BCUT2D eigenvalue weighted by Crippen LogP contribution is 2.31. The molecule has 2 nitrogen and oxygen atoms in total. The molecule has 2 aromatic rings. The van der Waals surface area contributed by atoms with Gasteiger partial charge in [-0.05, 0) is 40.7 Å². The maximum absolute atomic E-state index is 6.22. The quantitative estimate of drug-likeness (QED) is 0.645. The number of hydrogen-bond donors (Lipinski definition) is 1. The van der Waals surface area contributed by atoms with Crippen LogP contribution in [-0.4, -0.2) is 6.54 Å². The Kier molecular flexibility index (Phi) is 6.55. The first-order valence-electron chi connectivity index (χ1n) is 6.66. The summed E-state index contributed by atoms with van der Waals surface area (Å²) in [7, 11) is 0. The first-order chi connectivity index (χ1) is 10.1. The van der Waals surface area contributed by atoms with E-state index in [4.69, 9.17) is 16.3 Å². The van der Waals surface area contributed by atoms with Gasteiger partial charge in [0.25, 0.3) is 0 Å². The minimum Gasteiger partial charge on any atom is -0.487 e. The lowest BCUT2D eigenvalue weighted by molar-refractivity contribution is 0.300. The van der Waals surface area contributed by atoms with E-state index in [2.05, 4.69) is 50.2 Å². The van der Waals surface area contributed by atoms with Gasteiger partial charge >= 0.3 is 0 Å². The van der Waals surface area contributed by atoms with Gasteiger partial charge in [0.05, 0.1) is 4.47 Å². The molecule has 21 heavy (non-hydrogen) atoms. The zero-order valence-corrected chi connectivity index (χ0v) is 15.6. The van der Waals surface area contributed by atoms with Crippen molar-refractivity contribution < 1.29 is 4.74 Å². The molecule has 0 heterocycles. The Labute approximate surface area is 147 Å². The topological polar surface area (TPSA) is 21.3 Å². The fourth-order valence-corrected chi connectivity index (χ4v) is 3.15. The third-order valence-electron chi connectivity index (χ3n) is 3.00. The third-order valence-corrected chi connectivity index (χ3v) is 4.47.